The van der Waals surface area contributed by atoms with Gasteiger partial charge in [0.05, 0.1) is 24.4 Å². The molecule has 140 valence electrons. The van der Waals surface area contributed by atoms with Gasteiger partial charge in [-0.3, -0.25) is 14.4 Å². The van der Waals surface area contributed by atoms with Crippen molar-refractivity contribution in [1.29, 1.82) is 0 Å². The van der Waals surface area contributed by atoms with Crippen molar-refractivity contribution in [2.24, 2.45) is 0 Å². The third kappa shape index (κ3) is 2.79. The number of rotatable bonds is 5. The van der Waals surface area contributed by atoms with Crippen molar-refractivity contribution in [2.45, 2.75) is 59.7 Å². The monoisotopic (exact) mass is 360 g/mol. The van der Waals surface area contributed by atoms with Crippen molar-refractivity contribution < 1.29 is 14.3 Å². The summed E-state index contributed by atoms with van der Waals surface area (Å²) >= 11 is 0. The van der Waals surface area contributed by atoms with E-state index in [0.717, 1.165) is 5.69 Å². The number of carbonyl (C=O) groups excluding carboxylic acids is 2. The van der Waals surface area contributed by atoms with Crippen molar-refractivity contribution in [3.63, 3.8) is 0 Å². The van der Waals surface area contributed by atoms with Crippen molar-refractivity contribution in [3.8, 4) is 0 Å². The molecule has 2 aromatic heterocycles. The summed E-state index contributed by atoms with van der Waals surface area (Å²) in [4.78, 5) is 39.6. The van der Waals surface area contributed by atoms with E-state index in [4.69, 9.17) is 4.74 Å². The first-order valence-corrected chi connectivity index (χ1v) is 8.88. The molecule has 2 aromatic rings. The van der Waals surface area contributed by atoms with Crippen LogP contribution in [0.3, 0.4) is 0 Å². The zero-order chi connectivity index (χ0) is 19.2. The molecule has 3 heterocycles. The lowest BCUT2D eigenvalue weighted by Crippen LogP contribution is -2.32. The molecule has 1 aliphatic heterocycles. The third-order valence-electron chi connectivity index (χ3n) is 4.59. The van der Waals surface area contributed by atoms with E-state index in [1.165, 1.54) is 4.52 Å². The molecule has 0 aliphatic carbocycles. The number of fused-ring (bicyclic) bond motifs is 2. The van der Waals surface area contributed by atoms with Crippen molar-refractivity contribution in [2.75, 3.05) is 6.61 Å². The van der Waals surface area contributed by atoms with Gasteiger partial charge in [-0.15, -0.1) is 0 Å². The summed E-state index contributed by atoms with van der Waals surface area (Å²) in [7, 11) is 0. The summed E-state index contributed by atoms with van der Waals surface area (Å²) < 4.78 is 7.92. The number of ether oxygens (including phenoxy) is 1. The van der Waals surface area contributed by atoms with Gasteiger partial charge >= 0.3 is 5.97 Å². The van der Waals surface area contributed by atoms with Crippen LogP contribution in [0.5, 0.6) is 0 Å². The van der Waals surface area contributed by atoms with Gasteiger partial charge in [0, 0.05) is 12.1 Å². The first-order valence-electron chi connectivity index (χ1n) is 8.88. The summed E-state index contributed by atoms with van der Waals surface area (Å²) in [5.74, 6) is -0.586. The molecular weight excluding hydrogens is 336 g/mol. The molecule has 0 unspecified atom stereocenters. The van der Waals surface area contributed by atoms with Crippen LogP contribution < -0.4 is 5.56 Å². The van der Waals surface area contributed by atoms with Crippen LogP contribution in [-0.4, -0.2) is 43.6 Å². The molecule has 0 bridgehead atoms. The van der Waals surface area contributed by atoms with Gasteiger partial charge in [0.25, 0.3) is 11.5 Å². The number of aromatic nitrogens is 3. The number of hydrogen-bond acceptors (Lipinski definition) is 5. The maximum Gasteiger partial charge on any atom is 0.326 e. The second-order valence-corrected chi connectivity index (χ2v) is 7.04. The van der Waals surface area contributed by atoms with Gasteiger partial charge in [0.15, 0.2) is 0 Å². The quantitative estimate of drug-likeness (QED) is 0.755. The fourth-order valence-electron chi connectivity index (χ4n) is 3.20. The van der Waals surface area contributed by atoms with Crippen LogP contribution in [0.15, 0.2) is 10.9 Å². The maximum absolute atomic E-state index is 12.9. The standard InChI is InChI=1S/C18H24N4O4/c1-6-26-15(23)9-21-14-7-13(10(2)3)19-22(14)17(24)12-8-20(11(4)5)18(25)16(12)21/h7,10-11H,6,8-9H2,1-5H3. The molecule has 0 atom stereocenters. The van der Waals surface area contributed by atoms with Crippen LogP contribution in [0, 0.1) is 0 Å². The smallest absolute Gasteiger partial charge is 0.326 e. The van der Waals surface area contributed by atoms with Gasteiger partial charge in [-0.2, -0.15) is 9.61 Å². The summed E-state index contributed by atoms with van der Waals surface area (Å²) in [6, 6.07) is 1.71. The number of amides is 1. The second kappa shape index (κ2) is 6.59. The lowest BCUT2D eigenvalue weighted by atomic mass is 10.1. The molecule has 3 rings (SSSR count). The predicted molar refractivity (Wildman–Crippen MR) is 95.2 cm³/mol. The second-order valence-electron chi connectivity index (χ2n) is 7.04. The molecule has 0 N–H and O–H groups in total. The van der Waals surface area contributed by atoms with Crippen LogP contribution in [0.2, 0.25) is 0 Å². The Morgan fingerprint density at radius 2 is 1.96 bits per heavy atom. The molecule has 0 fully saturated rings. The van der Waals surface area contributed by atoms with Crippen LogP contribution in [0.4, 0.5) is 0 Å². The zero-order valence-electron chi connectivity index (χ0n) is 15.8. The van der Waals surface area contributed by atoms with Crippen LogP contribution in [-0.2, 0) is 22.6 Å². The van der Waals surface area contributed by atoms with Crippen LogP contribution in [0.1, 0.15) is 62.3 Å². The average molecular weight is 360 g/mol. The Kier molecular flexibility index (Phi) is 4.60. The van der Waals surface area contributed by atoms with E-state index in [0.29, 0.717) is 11.2 Å². The highest BCUT2D eigenvalue weighted by molar-refractivity contribution is 5.97. The fraction of sp³-hybridized carbons (Fsp3) is 0.556. The lowest BCUT2D eigenvalue weighted by molar-refractivity contribution is -0.143. The molecule has 0 saturated carbocycles. The molecule has 1 aliphatic rings. The van der Waals surface area contributed by atoms with Gasteiger partial charge in [0.2, 0.25) is 0 Å². The van der Waals surface area contributed by atoms with Gasteiger partial charge in [-0.05, 0) is 26.7 Å². The fourth-order valence-corrected chi connectivity index (χ4v) is 3.20. The lowest BCUT2D eigenvalue weighted by Gasteiger charge is -2.20. The van der Waals surface area contributed by atoms with E-state index in [-0.39, 0.29) is 48.8 Å². The Hall–Kier alpha value is -2.64. The van der Waals surface area contributed by atoms with E-state index in [1.54, 1.807) is 22.5 Å². The minimum Gasteiger partial charge on any atom is -0.465 e. The highest BCUT2D eigenvalue weighted by Gasteiger charge is 2.36. The molecular formula is C18H24N4O4. The summed E-state index contributed by atoms with van der Waals surface area (Å²) in [6.45, 7) is 9.80. The SMILES string of the molecule is CCOC(=O)Cn1c2c(c(=O)n3nc(C(C)C)cc13)CN(C(C)C)C2=O. The summed E-state index contributed by atoms with van der Waals surface area (Å²) in [5, 5.41) is 4.40. The minimum atomic E-state index is -0.455. The van der Waals surface area contributed by atoms with Crippen molar-refractivity contribution in [1.82, 2.24) is 19.1 Å². The maximum atomic E-state index is 12.9. The highest BCUT2D eigenvalue weighted by atomic mass is 16.5. The van der Waals surface area contributed by atoms with Gasteiger partial charge in [-0.1, -0.05) is 13.8 Å². The van der Waals surface area contributed by atoms with E-state index in [9.17, 15) is 14.4 Å². The molecule has 0 radical (unpaired) electrons. The number of carbonyl (C=O) groups is 2. The Morgan fingerprint density at radius 1 is 1.27 bits per heavy atom. The Labute approximate surface area is 151 Å². The molecule has 0 saturated heterocycles. The third-order valence-corrected chi connectivity index (χ3v) is 4.59. The molecule has 8 heteroatoms. The predicted octanol–water partition coefficient (Wildman–Crippen LogP) is 1.55. The largest absolute Gasteiger partial charge is 0.465 e. The summed E-state index contributed by atoms with van der Waals surface area (Å²) in [6.07, 6.45) is 0. The van der Waals surface area contributed by atoms with Crippen LogP contribution in [0.25, 0.3) is 5.65 Å². The number of hydrogen-bond donors (Lipinski definition) is 0. The molecule has 0 spiro atoms. The topological polar surface area (TPSA) is 85.9 Å². The molecule has 26 heavy (non-hydrogen) atoms. The zero-order valence-corrected chi connectivity index (χ0v) is 15.8. The first-order chi connectivity index (χ1) is 12.3. The normalized spacial score (nSPS) is 14.0. The summed E-state index contributed by atoms with van der Waals surface area (Å²) in [5.41, 5.74) is 1.50. The van der Waals surface area contributed by atoms with Crippen molar-refractivity contribution in [3.05, 3.63) is 33.4 Å². The van der Waals surface area contributed by atoms with E-state index < -0.39 is 5.97 Å². The minimum absolute atomic E-state index is 0.0520. The number of esters is 1. The van der Waals surface area contributed by atoms with E-state index in [1.807, 2.05) is 27.7 Å². The Bertz CT molecular complexity index is 939. The highest BCUT2D eigenvalue weighted by Crippen LogP contribution is 2.25. The molecule has 1 amide bonds. The average Bonchev–Trinajstić information content (AvgIpc) is 3.14. The number of nitrogens with zero attached hydrogens (tertiary/aromatic N) is 4. The van der Waals surface area contributed by atoms with E-state index in [2.05, 4.69) is 5.10 Å². The van der Waals surface area contributed by atoms with Gasteiger partial charge < -0.3 is 14.2 Å². The van der Waals surface area contributed by atoms with Gasteiger partial charge in [0.1, 0.15) is 17.9 Å². The van der Waals surface area contributed by atoms with Crippen LogP contribution >= 0.6 is 0 Å². The Balaban J connectivity index is 2.27. The van der Waals surface area contributed by atoms with Crippen molar-refractivity contribution >= 4 is 17.5 Å². The van der Waals surface area contributed by atoms with Gasteiger partial charge in [-0.25, -0.2) is 0 Å². The molecule has 0 aromatic carbocycles. The van der Waals surface area contributed by atoms with E-state index >= 15 is 0 Å². The molecule has 8 nitrogen and oxygen atoms in total. The Morgan fingerprint density at radius 3 is 2.54 bits per heavy atom. The first kappa shape index (κ1) is 18.2.